The van der Waals surface area contributed by atoms with E-state index >= 15 is 0 Å². The molecule has 0 amide bonds. The van der Waals surface area contributed by atoms with Gasteiger partial charge in [0.2, 0.25) is 10.0 Å². The Hall–Kier alpha value is -1.05. The lowest BCUT2D eigenvalue weighted by molar-refractivity contribution is 0.281. The predicted molar refractivity (Wildman–Crippen MR) is 67.1 cm³/mol. The van der Waals surface area contributed by atoms with Crippen LogP contribution in [-0.2, 0) is 10.0 Å². The highest BCUT2D eigenvalue weighted by molar-refractivity contribution is 7.89. The van der Waals surface area contributed by atoms with E-state index in [1.54, 1.807) is 0 Å². The van der Waals surface area contributed by atoms with Crippen molar-refractivity contribution < 1.29 is 22.3 Å². The Morgan fingerprint density at radius 2 is 1.84 bits per heavy atom. The zero-order valence-corrected chi connectivity index (χ0v) is 11.5. The summed E-state index contributed by atoms with van der Waals surface area (Å²) in [5.41, 5.74) is 0. The number of hydrogen-bond donors (Lipinski definition) is 1. The number of rotatable bonds is 7. The van der Waals surface area contributed by atoms with Gasteiger partial charge >= 0.3 is 0 Å². The van der Waals surface area contributed by atoms with Crippen molar-refractivity contribution in [2.45, 2.75) is 24.2 Å². The molecule has 1 aromatic carbocycles. The third-order valence-corrected chi connectivity index (χ3v) is 4.58. The molecule has 0 aliphatic heterocycles. The number of aliphatic hydroxyl groups excluding tert-OH is 1. The van der Waals surface area contributed by atoms with E-state index < -0.39 is 21.7 Å². The van der Waals surface area contributed by atoms with Crippen LogP contribution in [0.25, 0.3) is 0 Å². The lowest BCUT2D eigenvalue weighted by atomic mass is 10.2. The van der Waals surface area contributed by atoms with E-state index in [1.165, 1.54) is 7.05 Å². The van der Waals surface area contributed by atoms with Crippen LogP contribution in [-0.4, -0.2) is 38.0 Å². The Labute approximate surface area is 111 Å². The molecule has 1 rings (SSSR count). The first-order valence-corrected chi connectivity index (χ1v) is 7.36. The monoisotopic (exact) mass is 293 g/mol. The first-order chi connectivity index (χ1) is 8.89. The van der Waals surface area contributed by atoms with Gasteiger partial charge in [0.25, 0.3) is 0 Å². The van der Waals surface area contributed by atoms with Gasteiger partial charge in [0.05, 0.1) is 4.90 Å². The summed E-state index contributed by atoms with van der Waals surface area (Å²) >= 11 is 0. The fourth-order valence-electron chi connectivity index (χ4n) is 1.56. The minimum absolute atomic E-state index is 0.0691. The Morgan fingerprint density at radius 3 is 2.42 bits per heavy atom. The zero-order chi connectivity index (χ0) is 14.5. The number of halogens is 2. The maximum atomic E-state index is 13.0. The highest BCUT2D eigenvalue weighted by Gasteiger charge is 2.21. The van der Waals surface area contributed by atoms with Crippen molar-refractivity contribution in [1.29, 1.82) is 0 Å². The number of aliphatic hydroxyl groups is 1. The summed E-state index contributed by atoms with van der Waals surface area (Å²) in [5, 5.41) is 8.62. The number of hydrogen-bond acceptors (Lipinski definition) is 3. The highest BCUT2D eigenvalue weighted by Crippen LogP contribution is 2.17. The molecule has 108 valence electrons. The molecule has 0 saturated carbocycles. The maximum Gasteiger partial charge on any atom is 0.242 e. The van der Waals surface area contributed by atoms with Crippen molar-refractivity contribution in [2.75, 3.05) is 20.2 Å². The van der Waals surface area contributed by atoms with Gasteiger partial charge in [0, 0.05) is 20.2 Å². The molecule has 0 heterocycles. The third-order valence-electron chi connectivity index (χ3n) is 2.73. The van der Waals surface area contributed by atoms with Crippen molar-refractivity contribution in [3.63, 3.8) is 0 Å². The van der Waals surface area contributed by atoms with Gasteiger partial charge in [-0.05, 0) is 37.5 Å². The largest absolute Gasteiger partial charge is 0.396 e. The van der Waals surface area contributed by atoms with E-state index in [0.29, 0.717) is 25.3 Å². The minimum Gasteiger partial charge on any atom is -0.396 e. The second-order valence-corrected chi connectivity index (χ2v) is 6.23. The summed E-state index contributed by atoms with van der Waals surface area (Å²) in [6.07, 6.45) is 1.91. The number of benzene rings is 1. The van der Waals surface area contributed by atoms with Gasteiger partial charge in [0.1, 0.15) is 0 Å². The third kappa shape index (κ3) is 4.22. The van der Waals surface area contributed by atoms with Gasteiger partial charge in [-0.2, -0.15) is 0 Å². The van der Waals surface area contributed by atoms with Crippen LogP contribution in [0.15, 0.2) is 23.1 Å². The molecule has 1 aromatic rings. The van der Waals surface area contributed by atoms with Crippen molar-refractivity contribution in [1.82, 2.24) is 4.31 Å². The van der Waals surface area contributed by atoms with E-state index in [0.717, 1.165) is 16.4 Å². The summed E-state index contributed by atoms with van der Waals surface area (Å²) in [4.78, 5) is -0.268. The van der Waals surface area contributed by atoms with Crippen LogP contribution in [0.4, 0.5) is 8.78 Å². The second-order valence-electron chi connectivity index (χ2n) is 4.19. The van der Waals surface area contributed by atoms with Gasteiger partial charge in [0.15, 0.2) is 11.6 Å². The molecule has 1 N–H and O–H groups in total. The van der Waals surface area contributed by atoms with Crippen LogP contribution >= 0.6 is 0 Å². The van der Waals surface area contributed by atoms with Crippen LogP contribution in [0.1, 0.15) is 19.3 Å². The number of sulfonamides is 1. The molecular formula is C12H17F2NO3S. The Kier molecular flexibility index (Phi) is 5.84. The molecule has 0 atom stereocenters. The normalized spacial score (nSPS) is 12.1. The smallest absolute Gasteiger partial charge is 0.242 e. The molecular weight excluding hydrogens is 276 g/mol. The lowest BCUT2D eigenvalue weighted by Crippen LogP contribution is -2.28. The fraction of sp³-hybridized carbons (Fsp3) is 0.500. The van der Waals surface area contributed by atoms with E-state index in [1.807, 2.05) is 0 Å². The molecule has 19 heavy (non-hydrogen) atoms. The van der Waals surface area contributed by atoms with Crippen LogP contribution in [0, 0.1) is 11.6 Å². The van der Waals surface area contributed by atoms with Crippen LogP contribution in [0.2, 0.25) is 0 Å². The average molecular weight is 293 g/mol. The molecule has 0 fully saturated rings. The van der Waals surface area contributed by atoms with Gasteiger partial charge in [-0.1, -0.05) is 0 Å². The first-order valence-electron chi connectivity index (χ1n) is 5.92. The molecule has 0 unspecified atom stereocenters. The van der Waals surface area contributed by atoms with Crippen molar-refractivity contribution in [3.05, 3.63) is 29.8 Å². The Balaban J connectivity index is 2.76. The van der Waals surface area contributed by atoms with Crippen molar-refractivity contribution >= 4 is 10.0 Å². The summed E-state index contributed by atoms with van der Waals surface area (Å²) in [7, 11) is -2.42. The van der Waals surface area contributed by atoms with E-state index in [4.69, 9.17) is 5.11 Å². The Bertz CT molecular complexity index is 520. The molecule has 4 nitrogen and oxygen atoms in total. The van der Waals surface area contributed by atoms with E-state index in [9.17, 15) is 17.2 Å². The van der Waals surface area contributed by atoms with Crippen LogP contribution in [0.3, 0.4) is 0 Å². The van der Waals surface area contributed by atoms with Gasteiger partial charge in [-0.15, -0.1) is 0 Å². The molecule has 0 bridgehead atoms. The number of unbranched alkanes of at least 4 members (excludes halogenated alkanes) is 2. The zero-order valence-electron chi connectivity index (χ0n) is 10.6. The van der Waals surface area contributed by atoms with Crippen molar-refractivity contribution in [2.24, 2.45) is 0 Å². The molecule has 7 heteroatoms. The van der Waals surface area contributed by atoms with Gasteiger partial charge in [-0.25, -0.2) is 21.5 Å². The minimum atomic E-state index is -3.80. The lowest BCUT2D eigenvalue weighted by Gasteiger charge is -2.17. The quantitative estimate of drug-likeness (QED) is 0.779. The fourth-order valence-corrected chi connectivity index (χ4v) is 2.78. The second kappa shape index (κ2) is 6.93. The predicted octanol–water partition coefficient (Wildman–Crippen LogP) is 1.75. The van der Waals surface area contributed by atoms with Gasteiger partial charge in [-0.3, -0.25) is 0 Å². The summed E-state index contributed by atoms with van der Waals surface area (Å²) in [6.45, 7) is 0.334. The van der Waals surface area contributed by atoms with Crippen molar-refractivity contribution in [3.8, 4) is 0 Å². The molecule has 0 aliphatic carbocycles. The van der Waals surface area contributed by atoms with E-state index in [2.05, 4.69) is 0 Å². The molecule has 0 aromatic heterocycles. The average Bonchev–Trinajstić information content (AvgIpc) is 2.37. The topological polar surface area (TPSA) is 57.6 Å². The summed E-state index contributed by atoms with van der Waals surface area (Å²) in [5.74, 6) is -2.26. The SMILES string of the molecule is CN(CCCCCO)S(=O)(=O)c1ccc(F)c(F)c1. The maximum absolute atomic E-state index is 13.0. The highest BCUT2D eigenvalue weighted by atomic mass is 32.2. The first kappa shape index (κ1) is 16.0. The molecule has 0 radical (unpaired) electrons. The van der Waals surface area contributed by atoms with Crippen LogP contribution in [0.5, 0.6) is 0 Å². The summed E-state index contributed by atoms with van der Waals surface area (Å²) in [6, 6.07) is 2.51. The van der Waals surface area contributed by atoms with Crippen LogP contribution < -0.4 is 0 Å². The molecule has 0 saturated heterocycles. The standard InChI is InChI=1S/C12H17F2NO3S/c1-15(7-3-2-4-8-16)19(17,18)10-5-6-11(13)12(14)9-10/h5-6,9,16H,2-4,7-8H2,1H3. The Morgan fingerprint density at radius 1 is 1.16 bits per heavy atom. The number of nitrogens with zero attached hydrogens (tertiary/aromatic N) is 1. The summed E-state index contributed by atoms with van der Waals surface area (Å²) < 4.78 is 51.0. The van der Waals surface area contributed by atoms with E-state index in [-0.39, 0.29) is 18.0 Å². The molecule has 0 spiro atoms. The van der Waals surface area contributed by atoms with Gasteiger partial charge < -0.3 is 5.11 Å². The molecule has 0 aliphatic rings.